The number of rotatable bonds is 5. The predicted octanol–water partition coefficient (Wildman–Crippen LogP) is 6.84. The second kappa shape index (κ2) is 8.19. The van der Waals surface area contributed by atoms with Crippen molar-refractivity contribution < 1.29 is 14.3 Å². The van der Waals surface area contributed by atoms with E-state index in [0.29, 0.717) is 35.0 Å². The molecule has 0 spiro atoms. The summed E-state index contributed by atoms with van der Waals surface area (Å²) < 4.78 is 7.01. The summed E-state index contributed by atoms with van der Waals surface area (Å²) in [6, 6.07) is 13.3. The molecule has 0 bridgehead atoms. The molecule has 4 heteroatoms. The van der Waals surface area contributed by atoms with Crippen LogP contribution in [0.2, 0.25) is 0 Å². The number of carbonyl (C=O) groups excluding carboxylic acids is 1. The van der Waals surface area contributed by atoms with Gasteiger partial charge in [-0.1, -0.05) is 47.0 Å². The van der Waals surface area contributed by atoms with Gasteiger partial charge in [-0.2, -0.15) is 0 Å². The maximum Gasteiger partial charge on any atom is 0.196 e. The molecule has 2 aromatic carbocycles. The summed E-state index contributed by atoms with van der Waals surface area (Å²) in [4.78, 5) is 13.5. The van der Waals surface area contributed by atoms with Crippen molar-refractivity contribution in [1.29, 1.82) is 0 Å². The van der Waals surface area contributed by atoms with E-state index < -0.39 is 0 Å². The molecule has 1 N–H and O–H groups in total. The molecule has 0 saturated heterocycles. The van der Waals surface area contributed by atoms with Crippen molar-refractivity contribution in [2.45, 2.75) is 51.9 Å². The third-order valence-electron chi connectivity index (χ3n) is 6.08. The SMILES string of the molecule is Cc1oc(Cc2ccccc2Br)c(C(=O)c2ccc(O)c(C3CCCC3)c2)c1C. The summed E-state index contributed by atoms with van der Waals surface area (Å²) in [6.45, 7) is 3.84. The zero-order valence-corrected chi connectivity index (χ0v) is 18.4. The van der Waals surface area contributed by atoms with Crippen LogP contribution in [0.5, 0.6) is 5.75 Å². The van der Waals surface area contributed by atoms with Gasteiger partial charge in [0.25, 0.3) is 0 Å². The van der Waals surface area contributed by atoms with Gasteiger partial charge in [0, 0.05) is 22.0 Å². The third-order valence-corrected chi connectivity index (χ3v) is 6.85. The Labute approximate surface area is 179 Å². The Hall–Kier alpha value is -2.33. The molecule has 1 aliphatic carbocycles. The lowest BCUT2D eigenvalue weighted by molar-refractivity contribution is 0.103. The van der Waals surface area contributed by atoms with E-state index in [0.717, 1.165) is 39.8 Å². The molecule has 3 nitrogen and oxygen atoms in total. The second-order valence-corrected chi connectivity index (χ2v) is 8.79. The maximum absolute atomic E-state index is 13.5. The molecular weight excluding hydrogens is 428 g/mol. The van der Waals surface area contributed by atoms with E-state index in [1.54, 1.807) is 12.1 Å². The number of furan rings is 1. The fourth-order valence-corrected chi connectivity index (χ4v) is 4.76. The zero-order chi connectivity index (χ0) is 20.5. The van der Waals surface area contributed by atoms with Crippen LogP contribution in [0.1, 0.15) is 75.7 Å². The molecule has 4 rings (SSSR count). The van der Waals surface area contributed by atoms with E-state index in [-0.39, 0.29) is 5.78 Å². The Morgan fingerprint density at radius 3 is 2.59 bits per heavy atom. The van der Waals surface area contributed by atoms with Crippen molar-refractivity contribution in [1.82, 2.24) is 0 Å². The Kier molecular flexibility index (Phi) is 5.64. The van der Waals surface area contributed by atoms with Crippen LogP contribution in [0.3, 0.4) is 0 Å². The van der Waals surface area contributed by atoms with Gasteiger partial charge in [-0.25, -0.2) is 0 Å². The van der Waals surface area contributed by atoms with Gasteiger partial charge in [0.05, 0.1) is 5.56 Å². The molecule has 1 aliphatic rings. The van der Waals surface area contributed by atoms with Crippen molar-refractivity contribution in [3.05, 3.63) is 86.3 Å². The molecule has 1 saturated carbocycles. The minimum Gasteiger partial charge on any atom is -0.508 e. The van der Waals surface area contributed by atoms with Crippen LogP contribution >= 0.6 is 15.9 Å². The lowest BCUT2D eigenvalue weighted by Gasteiger charge is -2.13. The van der Waals surface area contributed by atoms with Gasteiger partial charge >= 0.3 is 0 Å². The number of hydrogen-bond donors (Lipinski definition) is 1. The van der Waals surface area contributed by atoms with Crippen LogP contribution in [0.15, 0.2) is 51.4 Å². The van der Waals surface area contributed by atoms with Gasteiger partial charge in [0.2, 0.25) is 0 Å². The molecular formula is C25H25BrO3. The smallest absolute Gasteiger partial charge is 0.196 e. The maximum atomic E-state index is 13.5. The van der Waals surface area contributed by atoms with Crippen molar-refractivity contribution in [3.8, 4) is 5.75 Å². The van der Waals surface area contributed by atoms with Crippen LogP contribution in [-0.2, 0) is 6.42 Å². The molecule has 3 aromatic rings. The summed E-state index contributed by atoms with van der Waals surface area (Å²) in [7, 11) is 0. The summed E-state index contributed by atoms with van der Waals surface area (Å²) in [5, 5.41) is 10.4. The topological polar surface area (TPSA) is 50.4 Å². The number of phenolic OH excluding ortho intramolecular Hbond substituents is 1. The van der Waals surface area contributed by atoms with Crippen molar-refractivity contribution >= 4 is 21.7 Å². The van der Waals surface area contributed by atoms with E-state index in [2.05, 4.69) is 15.9 Å². The standard InChI is InChI=1S/C25H25BrO3/c1-15-16(2)29-23(14-18-9-5-6-10-21(18)26)24(15)25(28)19-11-12-22(27)20(13-19)17-7-3-4-8-17/h5-6,9-13,17,27H,3-4,7-8,14H2,1-2H3. The predicted molar refractivity (Wildman–Crippen MR) is 118 cm³/mol. The monoisotopic (exact) mass is 452 g/mol. The Morgan fingerprint density at radius 2 is 1.86 bits per heavy atom. The highest BCUT2D eigenvalue weighted by Gasteiger charge is 2.26. The number of hydrogen-bond acceptors (Lipinski definition) is 3. The molecule has 0 atom stereocenters. The molecule has 1 heterocycles. The van der Waals surface area contributed by atoms with Gasteiger partial charge in [-0.15, -0.1) is 0 Å². The van der Waals surface area contributed by atoms with Crippen LogP contribution in [0.4, 0.5) is 0 Å². The molecule has 0 radical (unpaired) electrons. The lowest BCUT2D eigenvalue weighted by Crippen LogP contribution is -2.07. The van der Waals surface area contributed by atoms with Gasteiger partial charge in [-0.05, 0) is 68.0 Å². The van der Waals surface area contributed by atoms with Crippen molar-refractivity contribution in [3.63, 3.8) is 0 Å². The van der Waals surface area contributed by atoms with Gasteiger partial charge in [0.1, 0.15) is 17.3 Å². The normalized spacial score (nSPS) is 14.4. The lowest BCUT2D eigenvalue weighted by atomic mass is 9.91. The number of carbonyl (C=O) groups is 1. The second-order valence-electron chi connectivity index (χ2n) is 7.93. The number of halogens is 1. The fraction of sp³-hybridized carbons (Fsp3) is 0.320. The van der Waals surface area contributed by atoms with E-state index in [1.165, 1.54) is 12.8 Å². The van der Waals surface area contributed by atoms with Crippen LogP contribution in [0, 0.1) is 13.8 Å². The van der Waals surface area contributed by atoms with E-state index in [9.17, 15) is 9.90 Å². The Morgan fingerprint density at radius 1 is 1.14 bits per heavy atom. The molecule has 0 amide bonds. The summed E-state index contributed by atoms with van der Waals surface area (Å²) >= 11 is 3.59. The zero-order valence-electron chi connectivity index (χ0n) is 16.8. The first kappa shape index (κ1) is 20.0. The average Bonchev–Trinajstić information content (AvgIpc) is 3.33. The quantitative estimate of drug-likeness (QED) is 0.430. The third kappa shape index (κ3) is 3.91. The summed E-state index contributed by atoms with van der Waals surface area (Å²) in [5.41, 5.74) is 4.11. The molecule has 0 aliphatic heterocycles. The first-order chi connectivity index (χ1) is 14.0. The van der Waals surface area contributed by atoms with Gasteiger partial charge < -0.3 is 9.52 Å². The molecule has 150 valence electrons. The Bertz CT molecular complexity index is 1060. The summed E-state index contributed by atoms with van der Waals surface area (Å²) in [5.74, 6) is 2.05. The number of aryl methyl sites for hydroxylation is 1. The molecule has 0 unspecified atom stereocenters. The number of aromatic hydroxyl groups is 1. The molecule has 29 heavy (non-hydrogen) atoms. The Balaban J connectivity index is 1.72. The van der Waals surface area contributed by atoms with Gasteiger partial charge in [0.15, 0.2) is 5.78 Å². The first-order valence-electron chi connectivity index (χ1n) is 10.2. The van der Waals surface area contributed by atoms with Gasteiger partial charge in [-0.3, -0.25) is 4.79 Å². The highest BCUT2D eigenvalue weighted by molar-refractivity contribution is 9.10. The number of phenols is 1. The largest absolute Gasteiger partial charge is 0.508 e. The fourth-order valence-electron chi connectivity index (χ4n) is 4.34. The van der Waals surface area contributed by atoms with Crippen LogP contribution in [0.25, 0.3) is 0 Å². The van der Waals surface area contributed by atoms with Crippen LogP contribution < -0.4 is 0 Å². The highest BCUT2D eigenvalue weighted by atomic mass is 79.9. The summed E-state index contributed by atoms with van der Waals surface area (Å²) in [6.07, 6.45) is 5.05. The number of benzene rings is 2. The highest BCUT2D eigenvalue weighted by Crippen LogP contribution is 2.39. The van der Waals surface area contributed by atoms with Crippen molar-refractivity contribution in [2.24, 2.45) is 0 Å². The van der Waals surface area contributed by atoms with E-state index in [1.807, 2.05) is 44.2 Å². The van der Waals surface area contributed by atoms with E-state index >= 15 is 0 Å². The van der Waals surface area contributed by atoms with E-state index in [4.69, 9.17) is 4.42 Å². The average molecular weight is 453 g/mol. The molecule has 1 fully saturated rings. The minimum atomic E-state index is -0.0411. The van der Waals surface area contributed by atoms with Crippen LogP contribution in [-0.4, -0.2) is 10.9 Å². The van der Waals surface area contributed by atoms with Crippen molar-refractivity contribution in [2.75, 3.05) is 0 Å². The minimum absolute atomic E-state index is 0.0411. The number of ketones is 1. The first-order valence-corrected chi connectivity index (χ1v) is 10.9. The molecule has 1 aromatic heterocycles.